The molecule has 4 heteroatoms. The molecule has 0 aliphatic heterocycles. The van der Waals surface area contributed by atoms with Gasteiger partial charge >= 0.3 is 5.97 Å². The summed E-state index contributed by atoms with van der Waals surface area (Å²) in [4.78, 5) is 11.2. The molecule has 3 N–H and O–H groups in total. The molecule has 0 fully saturated rings. The summed E-state index contributed by atoms with van der Waals surface area (Å²) >= 11 is 5.88. The third-order valence-corrected chi connectivity index (χ3v) is 3.94. The molecule has 0 aliphatic carbocycles. The predicted octanol–water partition coefficient (Wildman–Crippen LogP) is 3.20. The van der Waals surface area contributed by atoms with Gasteiger partial charge in [-0.05, 0) is 38.0 Å². The van der Waals surface area contributed by atoms with Gasteiger partial charge in [0.25, 0.3) is 0 Å². The summed E-state index contributed by atoms with van der Waals surface area (Å²) in [6.45, 7) is 5.70. The summed E-state index contributed by atoms with van der Waals surface area (Å²) in [5, 5.41) is 9.81. The lowest BCUT2D eigenvalue weighted by Crippen LogP contribution is -2.54. The van der Waals surface area contributed by atoms with Crippen molar-refractivity contribution in [1.82, 2.24) is 0 Å². The molecular weight excluding hydrogens is 250 g/mol. The first-order valence-electron chi connectivity index (χ1n) is 5.99. The average molecular weight is 270 g/mol. The Hall–Kier alpha value is -1.06. The largest absolute Gasteiger partial charge is 0.481 e. The predicted molar refractivity (Wildman–Crippen MR) is 73.9 cm³/mol. The second kappa shape index (κ2) is 5.29. The lowest BCUT2D eigenvalue weighted by atomic mass is 9.63. The lowest BCUT2D eigenvalue weighted by molar-refractivity contribution is -0.139. The van der Waals surface area contributed by atoms with Gasteiger partial charge in [0.05, 0.1) is 6.42 Å². The van der Waals surface area contributed by atoms with Gasteiger partial charge in [0.2, 0.25) is 0 Å². The normalized spacial score (nSPS) is 15.2. The number of halogens is 1. The van der Waals surface area contributed by atoms with Crippen LogP contribution in [0.3, 0.4) is 0 Å². The highest BCUT2D eigenvalue weighted by Crippen LogP contribution is 2.40. The SMILES string of the molecule is CCC(CC(=O)O)(c1ccc(Cl)cc1)C(C)(C)N. The van der Waals surface area contributed by atoms with E-state index in [9.17, 15) is 9.90 Å². The average Bonchev–Trinajstić information content (AvgIpc) is 2.25. The monoisotopic (exact) mass is 269 g/mol. The number of aliphatic carboxylic acids is 1. The molecule has 100 valence electrons. The number of hydrogen-bond acceptors (Lipinski definition) is 2. The van der Waals surface area contributed by atoms with E-state index < -0.39 is 16.9 Å². The third-order valence-electron chi connectivity index (χ3n) is 3.69. The summed E-state index contributed by atoms with van der Waals surface area (Å²) in [5.41, 5.74) is 5.94. The van der Waals surface area contributed by atoms with Crippen LogP contribution in [-0.2, 0) is 10.2 Å². The minimum absolute atomic E-state index is 0.00856. The van der Waals surface area contributed by atoms with Gasteiger partial charge in [-0.25, -0.2) is 0 Å². The number of carboxylic acids is 1. The Balaban J connectivity index is 3.34. The van der Waals surface area contributed by atoms with Crippen LogP contribution in [0.25, 0.3) is 0 Å². The summed E-state index contributed by atoms with van der Waals surface area (Å²) < 4.78 is 0. The van der Waals surface area contributed by atoms with Gasteiger partial charge in [0.15, 0.2) is 0 Å². The van der Waals surface area contributed by atoms with E-state index in [2.05, 4.69) is 0 Å². The highest BCUT2D eigenvalue weighted by Gasteiger charge is 2.44. The quantitative estimate of drug-likeness (QED) is 0.863. The van der Waals surface area contributed by atoms with Crippen LogP contribution >= 0.6 is 11.6 Å². The molecular formula is C14H20ClNO2. The van der Waals surface area contributed by atoms with E-state index in [0.717, 1.165) is 5.56 Å². The van der Waals surface area contributed by atoms with Crippen LogP contribution in [0, 0.1) is 0 Å². The van der Waals surface area contributed by atoms with Gasteiger partial charge < -0.3 is 10.8 Å². The number of benzene rings is 1. The fraction of sp³-hybridized carbons (Fsp3) is 0.500. The molecule has 3 nitrogen and oxygen atoms in total. The molecule has 0 amide bonds. The molecule has 0 saturated heterocycles. The summed E-state index contributed by atoms with van der Waals surface area (Å²) in [6.07, 6.45) is 0.666. The molecule has 1 atom stereocenters. The first-order valence-corrected chi connectivity index (χ1v) is 6.37. The molecule has 0 aliphatic rings. The van der Waals surface area contributed by atoms with Crippen LogP contribution in [-0.4, -0.2) is 16.6 Å². The number of carbonyl (C=O) groups is 1. The van der Waals surface area contributed by atoms with Gasteiger partial charge in [0.1, 0.15) is 0 Å². The maximum atomic E-state index is 11.2. The first kappa shape index (κ1) is 15.0. The van der Waals surface area contributed by atoms with Crippen LogP contribution in [0.4, 0.5) is 0 Å². The Morgan fingerprint density at radius 1 is 1.33 bits per heavy atom. The van der Waals surface area contributed by atoms with Gasteiger partial charge in [0, 0.05) is 16.0 Å². The van der Waals surface area contributed by atoms with Crippen molar-refractivity contribution in [1.29, 1.82) is 0 Å². The maximum absolute atomic E-state index is 11.2. The number of hydrogen-bond donors (Lipinski definition) is 2. The van der Waals surface area contributed by atoms with Crippen LogP contribution in [0.1, 0.15) is 39.2 Å². The minimum atomic E-state index is -0.842. The highest BCUT2D eigenvalue weighted by molar-refractivity contribution is 6.30. The zero-order valence-corrected chi connectivity index (χ0v) is 11.8. The van der Waals surface area contributed by atoms with Crippen molar-refractivity contribution >= 4 is 17.6 Å². The third kappa shape index (κ3) is 2.85. The molecule has 0 radical (unpaired) electrons. The fourth-order valence-corrected chi connectivity index (χ4v) is 2.64. The molecule has 1 unspecified atom stereocenters. The van der Waals surface area contributed by atoms with Crippen molar-refractivity contribution < 1.29 is 9.90 Å². The molecule has 0 bridgehead atoms. The Morgan fingerprint density at radius 2 is 1.83 bits per heavy atom. The van der Waals surface area contributed by atoms with E-state index in [-0.39, 0.29) is 6.42 Å². The van der Waals surface area contributed by atoms with Gasteiger partial charge in [-0.3, -0.25) is 4.79 Å². The van der Waals surface area contributed by atoms with E-state index in [1.807, 2.05) is 32.9 Å². The Kier molecular flexibility index (Phi) is 4.41. The van der Waals surface area contributed by atoms with Gasteiger partial charge in [-0.15, -0.1) is 0 Å². The van der Waals surface area contributed by atoms with Crippen LogP contribution in [0.2, 0.25) is 5.02 Å². The van der Waals surface area contributed by atoms with Crippen molar-refractivity contribution in [2.45, 2.75) is 44.6 Å². The topological polar surface area (TPSA) is 63.3 Å². The van der Waals surface area contributed by atoms with Crippen LogP contribution in [0.5, 0.6) is 0 Å². The molecule has 0 spiro atoms. The van der Waals surface area contributed by atoms with Gasteiger partial charge in [-0.2, -0.15) is 0 Å². The smallest absolute Gasteiger partial charge is 0.304 e. The molecule has 1 aromatic carbocycles. The zero-order chi connectivity index (χ0) is 14.0. The second-order valence-electron chi connectivity index (χ2n) is 5.23. The molecule has 1 aromatic rings. The van der Waals surface area contributed by atoms with Crippen molar-refractivity contribution in [2.24, 2.45) is 5.73 Å². The van der Waals surface area contributed by atoms with Crippen LogP contribution < -0.4 is 5.73 Å². The Morgan fingerprint density at radius 3 is 2.17 bits per heavy atom. The minimum Gasteiger partial charge on any atom is -0.481 e. The second-order valence-corrected chi connectivity index (χ2v) is 5.67. The van der Waals surface area contributed by atoms with Crippen molar-refractivity contribution in [3.05, 3.63) is 34.9 Å². The van der Waals surface area contributed by atoms with Gasteiger partial charge in [-0.1, -0.05) is 30.7 Å². The van der Waals surface area contributed by atoms with Crippen molar-refractivity contribution in [3.63, 3.8) is 0 Å². The van der Waals surface area contributed by atoms with Crippen LogP contribution in [0.15, 0.2) is 24.3 Å². The molecule has 0 aromatic heterocycles. The Labute approximate surface area is 113 Å². The van der Waals surface area contributed by atoms with Crippen molar-refractivity contribution in [2.75, 3.05) is 0 Å². The number of nitrogens with two attached hydrogens (primary N) is 1. The van der Waals surface area contributed by atoms with E-state index >= 15 is 0 Å². The van der Waals surface area contributed by atoms with E-state index in [1.165, 1.54) is 0 Å². The summed E-state index contributed by atoms with van der Waals surface area (Å²) in [7, 11) is 0. The number of rotatable bonds is 5. The first-order chi connectivity index (χ1) is 8.23. The van der Waals surface area contributed by atoms with E-state index in [1.54, 1.807) is 12.1 Å². The zero-order valence-electron chi connectivity index (χ0n) is 11.0. The molecule has 1 rings (SSSR count). The summed E-state index contributed by atoms with van der Waals surface area (Å²) in [6, 6.07) is 7.27. The van der Waals surface area contributed by atoms with E-state index in [0.29, 0.717) is 11.4 Å². The van der Waals surface area contributed by atoms with E-state index in [4.69, 9.17) is 17.3 Å². The van der Waals surface area contributed by atoms with Crippen molar-refractivity contribution in [3.8, 4) is 0 Å². The molecule has 0 saturated carbocycles. The fourth-order valence-electron chi connectivity index (χ4n) is 2.51. The number of carboxylic acid groups (broad SMARTS) is 1. The standard InChI is InChI=1S/C14H20ClNO2/c1-4-14(9-12(17)18,13(2,3)16)10-5-7-11(15)8-6-10/h5-8H,4,9,16H2,1-3H3,(H,17,18). The maximum Gasteiger partial charge on any atom is 0.304 e. The molecule has 18 heavy (non-hydrogen) atoms. The summed E-state index contributed by atoms with van der Waals surface area (Å²) in [5.74, 6) is -0.842. The molecule has 0 heterocycles. The Bertz CT molecular complexity index is 422. The lowest BCUT2D eigenvalue weighted by Gasteiger charge is -2.44. The highest BCUT2D eigenvalue weighted by atomic mass is 35.5.